The quantitative estimate of drug-likeness (QED) is 0.506. The van der Waals surface area contributed by atoms with Crippen LogP contribution in [0.1, 0.15) is 5.56 Å². The number of rotatable bonds is 6. The number of nitrogens with zero attached hydrogens (tertiary/aromatic N) is 3. The molecule has 0 aliphatic heterocycles. The lowest BCUT2D eigenvalue weighted by molar-refractivity contribution is 0.569. The van der Waals surface area contributed by atoms with E-state index in [4.69, 9.17) is 4.42 Å². The average molecular weight is 315 g/mol. The maximum absolute atomic E-state index is 13.7. The molecule has 0 saturated heterocycles. The number of aromatic nitrogens is 3. The maximum atomic E-state index is 13.7. The molecule has 6 heteroatoms. The van der Waals surface area contributed by atoms with Crippen LogP contribution in [0.4, 0.5) is 4.39 Å². The van der Waals surface area contributed by atoms with E-state index < -0.39 is 0 Å². The van der Waals surface area contributed by atoms with Crippen molar-refractivity contribution in [2.45, 2.75) is 17.5 Å². The third-order valence-electron chi connectivity index (χ3n) is 3.08. The highest BCUT2D eigenvalue weighted by molar-refractivity contribution is 7.98. The molecule has 112 valence electrons. The second-order valence-electron chi connectivity index (χ2n) is 4.56. The van der Waals surface area contributed by atoms with Gasteiger partial charge in [0.25, 0.3) is 0 Å². The predicted molar refractivity (Wildman–Crippen MR) is 83.9 cm³/mol. The van der Waals surface area contributed by atoms with Gasteiger partial charge in [-0.15, -0.1) is 16.8 Å². The van der Waals surface area contributed by atoms with Gasteiger partial charge >= 0.3 is 0 Å². The first kappa shape index (κ1) is 14.6. The van der Waals surface area contributed by atoms with Crippen molar-refractivity contribution in [3.8, 4) is 11.6 Å². The van der Waals surface area contributed by atoms with E-state index >= 15 is 0 Å². The van der Waals surface area contributed by atoms with Crippen LogP contribution in [-0.4, -0.2) is 14.8 Å². The van der Waals surface area contributed by atoms with E-state index in [1.165, 1.54) is 17.8 Å². The zero-order valence-electron chi connectivity index (χ0n) is 11.8. The number of hydrogen-bond donors (Lipinski definition) is 0. The monoisotopic (exact) mass is 315 g/mol. The molecule has 1 aromatic carbocycles. The Morgan fingerprint density at radius 3 is 2.82 bits per heavy atom. The highest BCUT2D eigenvalue weighted by Crippen LogP contribution is 2.27. The molecule has 3 aromatic rings. The van der Waals surface area contributed by atoms with Crippen molar-refractivity contribution < 1.29 is 8.81 Å². The minimum atomic E-state index is -0.212. The number of allylic oxidation sites excluding steroid dienone is 1. The van der Waals surface area contributed by atoms with Gasteiger partial charge < -0.3 is 4.42 Å². The Kier molecular flexibility index (Phi) is 4.39. The molecule has 4 nitrogen and oxygen atoms in total. The molecule has 22 heavy (non-hydrogen) atoms. The van der Waals surface area contributed by atoms with Gasteiger partial charge in [-0.1, -0.05) is 36.0 Å². The van der Waals surface area contributed by atoms with Gasteiger partial charge in [0.05, 0.1) is 6.26 Å². The Morgan fingerprint density at radius 1 is 1.23 bits per heavy atom. The van der Waals surface area contributed by atoms with Crippen LogP contribution in [0.2, 0.25) is 0 Å². The fourth-order valence-corrected chi connectivity index (χ4v) is 2.97. The summed E-state index contributed by atoms with van der Waals surface area (Å²) in [6.45, 7) is 4.31. The largest absolute Gasteiger partial charge is 0.461 e. The smallest absolute Gasteiger partial charge is 0.200 e. The Morgan fingerprint density at radius 2 is 2.09 bits per heavy atom. The fraction of sp³-hybridized carbons (Fsp3) is 0.125. The van der Waals surface area contributed by atoms with E-state index in [1.807, 2.05) is 16.7 Å². The van der Waals surface area contributed by atoms with Crippen molar-refractivity contribution in [2.75, 3.05) is 0 Å². The summed E-state index contributed by atoms with van der Waals surface area (Å²) in [6, 6.07) is 10.4. The first-order chi connectivity index (χ1) is 10.8. The average Bonchev–Trinajstić information content (AvgIpc) is 3.16. The second kappa shape index (κ2) is 6.62. The highest BCUT2D eigenvalue weighted by Gasteiger charge is 2.15. The molecule has 0 N–H and O–H groups in total. The van der Waals surface area contributed by atoms with Gasteiger partial charge in [-0.3, -0.25) is 4.57 Å². The van der Waals surface area contributed by atoms with Crippen LogP contribution < -0.4 is 0 Å². The van der Waals surface area contributed by atoms with Crippen LogP contribution in [0.5, 0.6) is 0 Å². The van der Waals surface area contributed by atoms with Crippen LogP contribution in [0.15, 0.2) is 64.9 Å². The molecule has 0 saturated carbocycles. The lowest BCUT2D eigenvalue weighted by Crippen LogP contribution is -2.00. The van der Waals surface area contributed by atoms with Crippen LogP contribution in [-0.2, 0) is 12.3 Å². The van der Waals surface area contributed by atoms with Gasteiger partial charge in [0, 0.05) is 12.3 Å². The second-order valence-corrected chi connectivity index (χ2v) is 5.51. The number of thioether (sulfide) groups is 1. The summed E-state index contributed by atoms with van der Waals surface area (Å²) in [5.41, 5.74) is 0.639. The normalized spacial score (nSPS) is 10.8. The van der Waals surface area contributed by atoms with E-state index in [0.29, 0.717) is 34.6 Å². The Hall–Kier alpha value is -2.34. The van der Waals surface area contributed by atoms with Gasteiger partial charge in [-0.2, -0.15) is 0 Å². The van der Waals surface area contributed by atoms with E-state index in [1.54, 1.807) is 30.5 Å². The zero-order valence-corrected chi connectivity index (χ0v) is 12.6. The lowest BCUT2D eigenvalue weighted by Gasteiger charge is -2.06. The summed E-state index contributed by atoms with van der Waals surface area (Å²) >= 11 is 1.43. The van der Waals surface area contributed by atoms with Crippen molar-refractivity contribution in [3.05, 3.63) is 66.7 Å². The van der Waals surface area contributed by atoms with Crippen molar-refractivity contribution in [1.82, 2.24) is 14.8 Å². The molecule has 0 unspecified atom stereocenters. The minimum absolute atomic E-state index is 0.212. The number of halogens is 1. The van der Waals surface area contributed by atoms with Gasteiger partial charge in [-0.05, 0) is 23.8 Å². The highest BCUT2D eigenvalue weighted by atomic mass is 32.2. The van der Waals surface area contributed by atoms with Crippen molar-refractivity contribution in [3.63, 3.8) is 0 Å². The Balaban J connectivity index is 1.85. The van der Waals surface area contributed by atoms with Gasteiger partial charge in [0.2, 0.25) is 5.82 Å². The molecule has 0 fully saturated rings. The molecule has 0 aliphatic rings. The first-order valence-electron chi connectivity index (χ1n) is 6.74. The first-order valence-corrected chi connectivity index (χ1v) is 7.72. The minimum Gasteiger partial charge on any atom is -0.461 e. The zero-order chi connectivity index (χ0) is 15.4. The maximum Gasteiger partial charge on any atom is 0.200 e. The molecule has 0 amide bonds. The molecule has 0 bridgehead atoms. The Bertz CT molecular complexity index is 768. The topological polar surface area (TPSA) is 43.9 Å². The summed E-state index contributed by atoms with van der Waals surface area (Å²) < 4.78 is 21.0. The van der Waals surface area contributed by atoms with E-state index in [0.717, 1.165) is 0 Å². The summed E-state index contributed by atoms with van der Waals surface area (Å²) in [4.78, 5) is 0. The number of benzene rings is 1. The standard InChI is InChI=1S/C16H14FN3OS/c1-2-9-20-15(14-8-5-10-21-14)18-19-16(20)22-11-12-6-3-4-7-13(12)17/h2-8,10H,1,9,11H2. The molecule has 0 spiro atoms. The lowest BCUT2D eigenvalue weighted by atomic mass is 10.2. The van der Waals surface area contributed by atoms with Gasteiger partial charge in [0.1, 0.15) is 5.82 Å². The summed E-state index contributed by atoms with van der Waals surface area (Å²) in [5.74, 6) is 1.56. The Labute approximate surface area is 131 Å². The third-order valence-corrected chi connectivity index (χ3v) is 4.10. The summed E-state index contributed by atoms with van der Waals surface area (Å²) in [7, 11) is 0. The molecule has 2 aromatic heterocycles. The molecule has 3 rings (SSSR count). The van der Waals surface area contributed by atoms with E-state index in [9.17, 15) is 4.39 Å². The number of hydrogen-bond acceptors (Lipinski definition) is 4. The van der Waals surface area contributed by atoms with Crippen molar-refractivity contribution in [1.29, 1.82) is 0 Å². The van der Waals surface area contributed by atoms with Crippen LogP contribution in [0.3, 0.4) is 0 Å². The SMILES string of the molecule is C=CCn1c(SCc2ccccc2F)nnc1-c1ccco1. The molecule has 2 heterocycles. The predicted octanol–water partition coefficient (Wildman–Crippen LogP) is 4.16. The van der Waals surface area contributed by atoms with E-state index in [2.05, 4.69) is 16.8 Å². The number of furan rings is 1. The molecular formula is C16H14FN3OS. The van der Waals surface area contributed by atoms with Crippen molar-refractivity contribution in [2.24, 2.45) is 0 Å². The molecule has 0 radical (unpaired) electrons. The molecule has 0 aliphatic carbocycles. The summed E-state index contributed by atoms with van der Waals surface area (Å²) in [6.07, 6.45) is 3.36. The third kappa shape index (κ3) is 2.96. The molecule has 0 atom stereocenters. The van der Waals surface area contributed by atoms with Crippen LogP contribution in [0.25, 0.3) is 11.6 Å². The van der Waals surface area contributed by atoms with Crippen LogP contribution in [0, 0.1) is 5.82 Å². The van der Waals surface area contributed by atoms with Gasteiger partial charge in [0.15, 0.2) is 10.9 Å². The van der Waals surface area contributed by atoms with Crippen LogP contribution >= 0.6 is 11.8 Å². The summed E-state index contributed by atoms with van der Waals surface area (Å²) in [5, 5.41) is 9.05. The van der Waals surface area contributed by atoms with Crippen molar-refractivity contribution >= 4 is 11.8 Å². The van der Waals surface area contributed by atoms with Gasteiger partial charge in [-0.25, -0.2) is 4.39 Å². The fourth-order valence-electron chi connectivity index (χ4n) is 2.03. The molecular weight excluding hydrogens is 301 g/mol. The van der Waals surface area contributed by atoms with E-state index in [-0.39, 0.29) is 5.82 Å².